The number of carbonyl (C=O) groups is 1. The van der Waals surface area contributed by atoms with Crippen molar-refractivity contribution in [2.24, 2.45) is 5.92 Å². The molecular weight excluding hydrogens is 284 g/mol. The van der Waals surface area contributed by atoms with E-state index in [-0.39, 0.29) is 18.4 Å². The Morgan fingerprint density at radius 3 is 2.80 bits per heavy atom. The number of H-pyrrole nitrogens is 1. The molecule has 1 fully saturated rings. The highest BCUT2D eigenvalue weighted by atomic mass is 32.2. The molecule has 2 heterocycles. The minimum Gasteiger partial charge on any atom is -0.469 e. The van der Waals surface area contributed by atoms with Gasteiger partial charge in [0, 0.05) is 25.0 Å². The van der Waals surface area contributed by atoms with E-state index in [1.807, 2.05) is 0 Å². The summed E-state index contributed by atoms with van der Waals surface area (Å²) in [4.78, 5) is 18.0. The van der Waals surface area contributed by atoms with Gasteiger partial charge in [0.15, 0.2) is 0 Å². The molecule has 0 spiro atoms. The standard InChI is InChI=1S/C11H18N4O4S/c1-19-11(16)9-2-4-15(5-3-9)20(17,18)14-7-10-6-12-8-13-10/h6,8-9,14H,2-5,7H2,1H3,(H,12,13). The monoisotopic (exact) mass is 302 g/mol. The van der Waals surface area contributed by atoms with Gasteiger partial charge in [0.1, 0.15) is 0 Å². The first-order chi connectivity index (χ1) is 9.53. The number of esters is 1. The summed E-state index contributed by atoms with van der Waals surface area (Å²) in [5, 5.41) is 0. The van der Waals surface area contributed by atoms with Gasteiger partial charge in [-0.05, 0) is 12.8 Å². The Labute approximate surface area is 117 Å². The Morgan fingerprint density at radius 2 is 2.25 bits per heavy atom. The molecule has 1 saturated heterocycles. The summed E-state index contributed by atoms with van der Waals surface area (Å²) in [6, 6.07) is 0. The van der Waals surface area contributed by atoms with Crippen molar-refractivity contribution in [2.45, 2.75) is 19.4 Å². The van der Waals surface area contributed by atoms with Crippen LogP contribution in [-0.4, -0.2) is 48.9 Å². The molecule has 2 rings (SSSR count). The molecule has 8 nitrogen and oxygen atoms in total. The lowest BCUT2D eigenvalue weighted by Crippen LogP contribution is -2.45. The van der Waals surface area contributed by atoms with Gasteiger partial charge in [-0.25, -0.2) is 4.98 Å². The highest BCUT2D eigenvalue weighted by Gasteiger charge is 2.31. The minimum absolute atomic E-state index is 0.166. The van der Waals surface area contributed by atoms with E-state index in [0.717, 1.165) is 0 Å². The number of methoxy groups -OCH3 is 1. The van der Waals surface area contributed by atoms with Gasteiger partial charge in [-0.1, -0.05) is 0 Å². The number of piperidine rings is 1. The Balaban J connectivity index is 1.87. The van der Waals surface area contributed by atoms with E-state index in [1.165, 1.54) is 17.7 Å². The maximum absolute atomic E-state index is 12.1. The fourth-order valence-corrected chi connectivity index (χ4v) is 3.35. The maximum atomic E-state index is 12.1. The molecule has 0 unspecified atom stereocenters. The lowest BCUT2D eigenvalue weighted by molar-refractivity contribution is -0.146. The molecule has 1 aromatic rings. The summed E-state index contributed by atoms with van der Waals surface area (Å²) in [7, 11) is -2.19. The van der Waals surface area contributed by atoms with Crippen molar-refractivity contribution in [1.82, 2.24) is 19.0 Å². The van der Waals surface area contributed by atoms with Crippen LogP contribution in [0.25, 0.3) is 0 Å². The van der Waals surface area contributed by atoms with Gasteiger partial charge in [-0.15, -0.1) is 0 Å². The van der Waals surface area contributed by atoms with Crippen LogP contribution in [0.15, 0.2) is 12.5 Å². The average Bonchev–Trinajstić information content (AvgIpc) is 2.98. The van der Waals surface area contributed by atoms with Crippen molar-refractivity contribution in [3.8, 4) is 0 Å². The van der Waals surface area contributed by atoms with E-state index >= 15 is 0 Å². The Kier molecular flexibility index (Phi) is 4.73. The van der Waals surface area contributed by atoms with Crippen LogP contribution in [0.5, 0.6) is 0 Å². The predicted octanol–water partition coefficient (Wildman–Crippen LogP) is -0.371. The van der Waals surface area contributed by atoms with Crippen LogP contribution in [0, 0.1) is 5.92 Å². The molecule has 0 aliphatic carbocycles. The van der Waals surface area contributed by atoms with Crippen molar-refractivity contribution in [3.05, 3.63) is 18.2 Å². The van der Waals surface area contributed by atoms with Gasteiger partial charge in [0.2, 0.25) is 0 Å². The van der Waals surface area contributed by atoms with Crippen molar-refractivity contribution in [2.75, 3.05) is 20.2 Å². The van der Waals surface area contributed by atoms with Crippen LogP contribution < -0.4 is 4.72 Å². The van der Waals surface area contributed by atoms with E-state index in [9.17, 15) is 13.2 Å². The van der Waals surface area contributed by atoms with Crippen molar-refractivity contribution in [1.29, 1.82) is 0 Å². The zero-order valence-corrected chi connectivity index (χ0v) is 12.0. The largest absolute Gasteiger partial charge is 0.469 e. The van der Waals surface area contributed by atoms with E-state index in [2.05, 4.69) is 19.4 Å². The number of ether oxygens (including phenoxy) is 1. The first-order valence-electron chi connectivity index (χ1n) is 6.33. The van der Waals surface area contributed by atoms with Gasteiger partial charge in [-0.3, -0.25) is 4.79 Å². The van der Waals surface area contributed by atoms with Crippen LogP contribution >= 0.6 is 0 Å². The predicted molar refractivity (Wildman–Crippen MR) is 70.7 cm³/mol. The Bertz CT molecular complexity index is 535. The third-order valence-electron chi connectivity index (χ3n) is 3.33. The summed E-state index contributed by atoms with van der Waals surface area (Å²) in [5.41, 5.74) is 0.693. The average molecular weight is 302 g/mol. The second-order valence-corrected chi connectivity index (χ2v) is 6.35. The SMILES string of the molecule is COC(=O)C1CCN(S(=O)(=O)NCc2cnc[nH]2)CC1. The number of nitrogens with one attached hydrogen (secondary N) is 2. The molecule has 2 N–H and O–H groups in total. The van der Waals surface area contributed by atoms with Crippen molar-refractivity contribution in [3.63, 3.8) is 0 Å². The van der Waals surface area contributed by atoms with Gasteiger partial charge >= 0.3 is 5.97 Å². The number of hydrogen-bond acceptors (Lipinski definition) is 5. The van der Waals surface area contributed by atoms with Crippen LogP contribution in [0.2, 0.25) is 0 Å². The first kappa shape index (κ1) is 14.9. The first-order valence-corrected chi connectivity index (χ1v) is 7.77. The van der Waals surface area contributed by atoms with Crippen molar-refractivity contribution < 1.29 is 17.9 Å². The van der Waals surface area contributed by atoms with Crippen LogP contribution in [0.3, 0.4) is 0 Å². The topological polar surface area (TPSA) is 104 Å². The Morgan fingerprint density at radius 1 is 1.55 bits per heavy atom. The van der Waals surface area contributed by atoms with E-state index < -0.39 is 10.2 Å². The van der Waals surface area contributed by atoms with E-state index in [1.54, 1.807) is 6.20 Å². The normalized spacial score (nSPS) is 18.1. The molecule has 1 aliphatic heterocycles. The summed E-state index contributed by atoms with van der Waals surface area (Å²) < 4.78 is 32.7. The summed E-state index contributed by atoms with van der Waals surface area (Å²) in [6.07, 6.45) is 4.02. The number of nitrogens with zero attached hydrogens (tertiary/aromatic N) is 2. The molecule has 0 saturated carbocycles. The minimum atomic E-state index is -3.53. The second kappa shape index (κ2) is 6.33. The quantitative estimate of drug-likeness (QED) is 0.722. The van der Waals surface area contributed by atoms with E-state index in [4.69, 9.17) is 0 Å². The highest BCUT2D eigenvalue weighted by Crippen LogP contribution is 2.20. The number of aromatic amines is 1. The lowest BCUT2D eigenvalue weighted by Gasteiger charge is -2.29. The van der Waals surface area contributed by atoms with Crippen molar-refractivity contribution >= 4 is 16.2 Å². The molecular formula is C11H18N4O4S. The third-order valence-corrected chi connectivity index (χ3v) is 4.88. The van der Waals surface area contributed by atoms with Gasteiger partial charge < -0.3 is 9.72 Å². The second-order valence-electron chi connectivity index (χ2n) is 4.60. The molecule has 20 heavy (non-hydrogen) atoms. The van der Waals surface area contributed by atoms with Crippen LogP contribution in [-0.2, 0) is 26.3 Å². The van der Waals surface area contributed by atoms with Gasteiger partial charge in [0.05, 0.1) is 25.9 Å². The number of carbonyl (C=O) groups excluding carboxylic acids is 1. The Hall–Kier alpha value is -1.45. The number of imidazole rings is 1. The third kappa shape index (κ3) is 3.56. The molecule has 0 amide bonds. The summed E-state index contributed by atoms with van der Waals surface area (Å²) in [6.45, 7) is 0.801. The highest BCUT2D eigenvalue weighted by molar-refractivity contribution is 7.87. The number of rotatable bonds is 5. The molecule has 9 heteroatoms. The fourth-order valence-electron chi connectivity index (χ4n) is 2.14. The zero-order valence-electron chi connectivity index (χ0n) is 11.2. The van der Waals surface area contributed by atoms with Gasteiger partial charge in [0.25, 0.3) is 10.2 Å². The molecule has 112 valence electrons. The smallest absolute Gasteiger partial charge is 0.308 e. The summed E-state index contributed by atoms with van der Waals surface area (Å²) >= 11 is 0. The number of aromatic nitrogens is 2. The number of hydrogen-bond donors (Lipinski definition) is 2. The maximum Gasteiger partial charge on any atom is 0.308 e. The van der Waals surface area contributed by atoms with Crippen LogP contribution in [0.1, 0.15) is 18.5 Å². The fraction of sp³-hybridized carbons (Fsp3) is 0.636. The molecule has 1 aliphatic rings. The lowest BCUT2D eigenvalue weighted by atomic mass is 9.99. The van der Waals surface area contributed by atoms with Gasteiger partial charge in [-0.2, -0.15) is 17.4 Å². The van der Waals surface area contributed by atoms with Crippen LogP contribution in [0.4, 0.5) is 0 Å². The summed E-state index contributed by atoms with van der Waals surface area (Å²) in [5.74, 6) is -0.480. The molecule has 0 radical (unpaired) electrons. The molecule has 1 aromatic heterocycles. The zero-order chi connectivity index (χ0) is 14.6. The molecule has 0 aromatic carbocycles. The molecule has 0 bridgehead atoms. The van der Waals surface area contributed by atoms with E-state index in [0.29, 0.717) is 31.6 Å². The molecule has 0 atom stereocenters.